The van der Waals surface area contributed by atoms with Gasteiger partial charge < -0.3 is 9.47 Å². The van der Waals surface area contributed by atoms with Gasteiger partial charge in [0.1, 0.15) is 11.3 Å². The molecule has 1 rings (SSSR count). The highest BCUT2D eigenvalue weighted by molar-refractivity contribution is 6.03. The standard InChI is InChI=1S/C12H20N2O3/c1-6-12(3,17-5)11(15)10-9(16-4)8-13-14(10)7-2/h8H,6-7H2,1-5H3. The van der Waals surface area contributed by atoms with E-state index in [-0.39, 0.29) is 5.78 Å². The largest absolute Gasteiger partial charge is 0.493 e. The molecule has 0 radical (unpaired) electrons. The Morgan fingerprint density at radius 3 is 2.53 bits per heavy atom. The average molecular weight is 240 g/mol. The van der Waals surface area contributed by atoms with Crippen LogP contribution in [0.25, 0.3) is 0 Å². The van der Waals surface area contributed by atoms with Crippen LogP contribution >= 0.6 is 0 Å². The summed E-state index contributed by atoms with van der Waals surface area (Å²) >= 11 is 0. The van der Waals surface area contributed by atoms with Gasteiger partial charge in [-0.05, 0) is 20.3 Å². The second kappa shape index (κ2) is 5.31. The van der Waals surface area contributed by atoms with Gasteiger partial charge in [-0.1, -0.05) is 6.92 Å². The molecule has 0 aromatic carbocycles. The van der Waals surface area contributed by atoms with Crippen molar-refractivity contribution in [3.05, 3.63) is 11.9 Å². The number of methoxy groups -OCH3 is 2. The van der Waals surface area contributed by atoms with Gasteiger partial charge in [-0.15, -0.1) is 0 Å². The van der Waals surface area contributed by atoms with Gasteiger partial charge in [-0.25, -0.2) is 0 Å². The third-order valence-corrected chi connectivity index (χ3v) is 3.15. The summed E-state index contributed by atoms with van der Waals surface area (Å²) in [7, 11) is 3.07. The molecule has 5 heteroatoms. The van der Waals surface area contributed by atoms with Gasteiger partial charge in [-0.3, -0.25) is 9.48 Å². The predicted octanol–water partition coefficient (Wildman–Crippen LogP) is 1.91. The maximum Gasteiger partial charge on any atom is 0.216 e. The van der Waals surface area contributed by atoms with Crippen molar-refractivity contribution in [1.29, 1.82) is 0 Å². The van der Waals surface area contributed by atoms with Gasteiger partial charge in [0, 0.05) is 13.7 Å². The van der Waals surface area contributed by atoms with E-state index in [9.17, 15) is 4.79 Å². The molecule has 0 N–H and O–H groups in total. The van der Waals surface area contributed by atoms with E-state index in [1.165, 1.54) is 7.11 Å². The predicted molar refractivity (Wildman–Crippen MR) is 64.5 cm³/mol. The van der Waals surface area contributed by atoms with Crippen molar-refractivity contribution in [3.8, 4) is 5.75 Å². The number of carbonyl (C=O) groups excluding carboxylic acids is 1. The first-order valence-electron chi connectivity index (χ1n) is 5.73. The minimum absolute atomic E-state index is 0.0984. The van der Waals surface area contributed by atoms with Crippen molar-refractivity contribution < 1.29 is 14.3 Å². The minimum atomic E-state index is -0.833. The van der Waals surface area contributed by atoms with E-state index in [4.69, 9.17) is 9.47 Å². The Morgan fingerprint density at radius 2 is 2.12 bits per heavy atom. The number of hydrogen-bond acceptors (Lipinski definition) is 4. The maximum atomic E-state index is 12.5. The molecule has 0 spiro atoms. The number of nitrogens with zero attached hydrogens (tertiary/aromatic N) is 2. The molecule has 0 aliphatic carbocycles. The summed E-state index contributed by atoms with van der Waals surface area (Å²) < 4.78 is 12.1. The van der Waals surface area contributed by atoms with Gasteiger partial charge >= 0.3 is 0 Å². The number of aryl methyl sites for hydroxylation is 1. The number of ether oxygens (including phenoxy) is 2. The highest BCUT2D eigenvalue weighted by Gasteiger charge is 2.36. The highest BCUT2D eigenvalue weighted by Crippen LogP contribution is 2.26. The summed E-state index contributed by atoms with van der Waals surface area (Å²) in [5, 5.41) is 4.12. The number of carbonyl (C=O) groups is 1. The van der Waals surface area contributed by atoms with Crippen molar-refractivity contribution in [2.24, 2.45) is 0 Å². The van der Waals surface area contributed by atoms with Crippen molar-refractivity contribution in [2.75, 3.05) is 14.2 Å². The maximum absolute atomic E-state index is 12.5. The molecule has 1 heterocycles. The van der Waals surface area contributed by atoms with Crippen molar-refractivity contribution >= 4 is 5.78 Å². The fourth-order valence-corrected chi connectivity index (χ4v) is 1.63. The van der Waals surface area contributed by atoms with E-state index >= 15 is 0 Å². The van der Waals surface area contributed by atoms with Crippen molar-refractivity contribution in [2.45, 2.75) is 39.3 Å². The molecule has 1 atom stereocenters. The summed E-state index contributed by atoms with van der Waals surface area (Å²) in [6, 6.07) is 0. The second-order valence-corrected chi connectivity index (χ2v) is 3.99. The summed E-state index contributed by atoms with van der Waals surface area (Å²) in [6.45, 7) is 6.25. The van der Waals surface area contributed by atoms with Crippen LogP contribution in [0.4, 0.5) is 0 Å². The van der Waals surface area contributed by atoms with Crippen LogP contribution in [0.15, 0.2) is 6.20 Å². The molecule has 0 amide bonds. The molecule has 0 aliphatic heterocycles. The first-order valence-corrected chi connectivity index (χ1v) is 5.73. The summed E-state index contributed by atoms with van der Waals surface area (Å²) in [5.41, 5.74) is -0.360. The lowest BCUT2D eigenvalue weighted by molar-refractivity contribution is 0.00948. The number of aromatic nitrogens is 2. The second-order valence-electron chi connectivity index (χ2n) is 3.99. The van der Waals surface area contributed by atoms with Crippen molar-refractivity contribution in [3.63, 3.8) is 0 Å². The summed E-state index contributed by atoms with van der Waals surface area (Å²) in [6.07, 6.45) is 2.16. The Morgan fingerprint density at radius 1 is 1.47 bits per heavy atom. The molecule has 1 unspecified atom stereocenters. The van der Waals surface area contributed by atoms with Crippen LogP contribution in [0.1, 0.15) is 37.7 Å². The van der Waals surface area contributed by atoms with Gasteiger partial charge in [0.15, 0.2) is 5.75 Å². The van der Waals surface area contributed by atoms with E-state index in [0.717, 1.165) is 0 Å². The SMILES string of the molecule is CCn1ncc(OC)c1C(=O)C(C)(CC)OC. The monoisotopic (exact) mass is 240 g/mol. The average Bonchev–Trinajstić information content (AvgIpc) is 2.79. The first kappa shape index (κ1) is 13.7. The molecular formula is C12H20N2O3. The van der Waals surface area contributed by atoms with Crippen LogP contribution in [0, 0.1) is 0 Å². The van der Waals surface area contributed by atoms with E-state index in [1.807, 2.05) is 13.8 Å². The van der Waals surface area contributed by atoms with E-state index in [0.29, 0.717) is 24.4 Å². The molecule has 0 bridgehead atoms. The van der Waals surface area contributed by atoms with Crippen LogP contribution in [0.5, 0.6) is 5.75 Å². The summed E-state index contributed by atoms with van der Waals surface area (Å²) in [5.74, 6) is 0.396. The molecule has 0 saturated heterocycles. The van der Waals surface area contributed by atoms with Gasteiger partial charge in [0.2, 0.25) is 5.78 Å². The number of Topliss-reactive ketones (excluding diaryl/α,β-unsaturated/α-hetero) is 1. The zero-order valence-electron chi connectivity index (χ0n) is 11.1. The fraction of sp³-hybridized carbons (Fsp3) is 0.667. The molecule has 96 valence electrons. The molecule has 0 aliphatic rings. The highest BCUT2D eigenvalue weighted by atomic mass is 16.5. The van der Waals surface area contributed by atoms with Crippen LogP contribution in [-0.2, 0) is 11.3 Å². The Bertz CT molecular complexity index is 373. The lowest BCUT2D eigenvalue weighted by Gasteiger charge is -2.25. The van der Waals surface area contributed by atoms with E-state index in [1.54, 1.807) is 24.9 Å². The van der Waals surface area contributed by atoms with Crippen LogP contribution < -0.4 is 4.74 Å². The van der Waals surface area contributed by atoms with Crippen LogP contribution in [0.3, 0.4) is 0 Å². The minimum Gasteiger partial charge on any atom is -0.493 e. The van der Waals surface area contributed by atoms with E-state index < -0.39 is 5.60 Å². The number of hydrogen-bond donors (Lipinski definition) is 0. The lowest BCUT2D eigenvalue weighted by Crippen LogP contribution is -2.38. The Balaban J connectivity index is 3.23. The summed E-state index contributed by atoms with van der Waals surface area (Å²) in [4.78, 5) is 12.5. The van der Waals surface area contributed by atoms with Gasteiger partial charge in [0.05, 0.1) is 13.3 Å². The fourth-order valence-electron chi connectivity index (χ4n) is 1.63. The smallest absolute Gasteiger partial charge is 0.216 e. The quantitative estimate of drug-likeness (QED) is 0.713. The molecular weight excluding hydrogens is 220 g/mol. The topological polar surface area (TPSA) is 53.4 Å². The Kier molecular flexibility index (Phi) is 4.28. The van der Waals surface area contributed by atoms with Crippen molar-refractivity contribution in [1.82, 2.24) is 9.78 Å². The molecule has 0 saturated carbocycles. The third-order valence-electron chi connectivity index (χ3n) is 3.15. The van der Waals surface area contributed by atoms with E-state index in [2.05, 4.69) is 5.10 Å². The van der Waals surface area contributed by atoms with Gasteiger partial charge in [0.25, 0.3) is 0 Å². The molecule has 5 nitrogen and oxygen atoms in total. The van der Waals surface area contributed by atoms with Crippen LogP contribution in [0.2, 0.25) is 0 Å². The number of rotatable bonds is 6. The molecule has 17 heavy (non-hydrogen) atoms. The van der Waals surface area contributed by atoms with Crippen LogP contribution in [-0.4, -0.2) is 35.4 Å². The Labute approximate surface area is 102 Å². The lowest BCUT2D eigenvalue weighted by atomic mass is 9.94. The number of ketones is 1. The molecule has 0 fully saturated rings. The molecule has 1 aromatic rings. The zero-order chi connectivity index (χ0) is 13.1. The van der Waals surface area contributed by atoms with Gasteiger partial charge in [-0.2, -0.15) is 5.10 Å². The normalized spacial score (nSPS) is 14.4. The zero-order valence-corrected chi connectivity index (χ0v) is 11.1. The third kappa shape index (κ3) is 2.34. The molecule has 1 aromatic heterocycles. The first-order chi connectivity index (χ1) is 8.03. The Hall–Kier alpha value is -1.36.